The second-order valence-electron chi connectivity index (χ2n) is 3.45. The molecule has 0 saturated carbocycles. The molecule has 0 bridgehead atoms. The van der Waals surface area contributed by atoms with Gasteiger partial charge in [0.05, 0.1) is 11.9 Å². The summed E-state index contributed by atoms with van der Waals surface area (Å²) in [5.74, 6) is 0.325. The summed E-state index contributed by atoms with van der Waals surface area (Å²) in [6.45, 7) is 0. The molecule has 4 nitrogen and oxygen atoms in total. The summed E-state index contributed by atoms with van der Waals surface area (Å²) in [6, 6.07) is 7.55. The predicted octanol–water partition coefficient (Wildman–Crippen LogP) is 1.89. The zero-order chi connectivity index (χ0) is 11.5. The van der Waals surface area contributed by atoms with Crippen LogP contribution in [0.4, 0.5) is 11.5 Å². The third-order valence-electron chi connectivity index (χ3n) is 2.17. The van der Waals surface area contributed by atoms with E-state index in [4.69, 9.17) is 23.1 Å². The number of halogens is 1. The first kappa shape index (κ1) is 10.7. The molecule has 0 unspecified atom stereocenters. The molecular weight excluding hydrogens is 224 g/mol. The van der Waals surface area contributed by atoms with Crippen molar-refractivity contribution in [2.75, 3.05) is 11.5 Å². The number of benzene rings is 1. The zero-order valence-electron chi connectivity index (χ0n) is 8.52. The molecule has 0 aliphatic rings. The maximum atomic E-state index is 5.93. The van der Waals surface area contributed by atoms with Crippen LogP contribution in [-0.4, -0.2) is 9.97 Å². The standard InChI is InChI=1S/C11H11ClN4/c12-11-9(15-6-10(14)16-11)5-7-1-3-8(13)4-2-7/h1-4,6H,5,13H2,(H2,14,16). The average Bonchev–Trinajstić information content (AvgIpc) is 2.25. The van der Waals surface area contributed by atoms with E-state index in [9.17, 15) is 0 Å². The average molecular weight is 235 g/mol. The summed E-state index contributed by atoms with van der Waals surface area (Å²) in [5, 5.41) is 0.344. The smallest absolute Gasteiger partial charge is 0.153 e. The van der Waals surface area contributed by atoms with E-state index in [1.807, 2.05) is 24.3 Å². The Morgan fingerprint density at radius 2 is 1.81 bits per heavy atom. The number of hydrogen-bond acceptors (Lipinski definition) is 4. The van der Waals surface area contributed by atoms with Crippen LogP contribution in [0.3, 0.4) is 0 Å². The Kier molecular flexibility index (Phi) is 2.92. The van der Waals surface area contributed by atoms with Crippen molar-refractivity contribution in [1.29, 1.82) is 0 Å². The van der Waals surface area contributed by atoms with Crippen LogP contribution in [-0.2, 0) is 6.42 Å². The molecule has 0 radical (unpaired) electrons. The van der Waals surface area contributed by atoms with Crippen molar-refractivity contribution in [3.63, 3.8) is 0 Å². The summed E-state index contributed by atoms with van der Waals surface area (Å²) < 4.78 is 0. The largest absolute Gasteiger partial charge is 0.399 e. The molecule has 82 valence electrons. The van der Waals surface area contributed by atoms with Crippen molar-refractivity contribution < 1.29 is 0 Å². The number of aromatic nitrogens is 2. The molecule has 1 aromatic carbocycles. The second kappa shape index (κ2) is 4.37. The fourth-order valence-corrected chi connectivity index (χ4v) is 1.56. The highest BCUT2D eigenvalue weighted by Crippen LogP contribution is 2.16. The highest BCUT2D eigenvalue weighted by molar-refractivity contribution is 6.30. The minimum atomic E-state index is 0.325. The molecule has 0 spiro atoms. The van der Waals surface area contributed by atoms with Gasteiger partial charge in [-0.15, -0.1) is 0 Å². The first-order valence-corrected chi connectivity index (χ1v) is 5.14. The van der Waals surface area contributed by atoms with E-state index in [2.05, 4.69) is 9.97 Å². The SMILES string of the molecule is Nc1ccc(Cc2ncc(N)nc2Cl)cc1. The van der Waals surface area contributed by atoms with E-state index < -0.39 is 0 Å². The molecule has 0 amide bonds. The number of rotatable bonds is 2. The molecule has 0 fully saturated rings. The van der Waals surface area contributed by atoms with Gasteiger partial charge in [0.15, 0.2) is 5.15 Å². The van der Waals surface area contributed by atoms with Gasteiger partial charge in [-0.1, -0.05) is 23.7 Å². The van der Waals surface area contributed by atoms with Crippen LogP contribution in [0.5, 0.6) is 0 Å². The van der Waals surface area contributed by atoms with Crippen LogP contribution in [0, 0.1) is 0 Å². The number of nitrogens with two attached hydrogens (primary N) is 2. The number of hydrogen-bond donors (Lipinski definition) is 2. The van der Waals surface area contributed by atoms with Crippen molar-refractivity contribution in [2.45, 2.75) is 6.42 Å². The molecule has 0 aliphatic carbocycles. The molecule has 1 aromatic heterocycles. The monoisotopic (exact) mass is 234 g/mol. The van der Waals surface area contributed by atoms with Gasteiger partial charge in [-0.2, -0.15) is 0 Å². The molecule has 2 aromatic rings. The van der Waals surface area contributed by atoms with Crippen molar-refractivity contribution in [3.8, 4) is 0 Å². The number of nitrogens with zero attached hydrogens (tertiary/aromatic N) is 2. The summed E-state index contributed by atoms with van der Waals surface area (Å²) >= 11 is 5.93. The maximum absolute atomic E-state index is 5.93. The molecule has 5 heteroatoms. The van der Waals surface area contributed by atoms with Gasteiger partial charge in [-0.25, -0.2) is 4.98 Å². The van der Waals surface area contributed by atoms with E-state index in [0.717, 1.165) is 11.3 Å². The third kappa shape index (κ3) is 2.41. The Hall–Kier alpha value is -1.81. The van der Waals surface area contributed by atoms with Crippen LogP contribution in [0.15, 0.2) is 30.5 Å². The van der Waals surface area contributed by atoms with Crippen molar-refractivity contribution in [3.05, 3.63) is 46.9 Å². The third-order valence-corrected chi connectivity index (χ3v) is 2.47. The molecule has 4 N–H and O–H groups in total. The van der Waals surface area contributed by atoms with E-state index in [-0.39, 0.29) is 0 Å². The topological polar surface area (TPSA) is 77.8 Å². The van der Waals surface area contributed by atoms with Gasteiger partial charge in [0.2, 0.25) is 0 Å². The molecule has 0 saturated heterocycles. The number of anilines is 2. The maximum Gasteiger partial charge on any atom is 0.153 e. The van der Waals surface area contributed by atoms with E-state index in [1.54, 1.807) is 0 Å². The minimum Gasteiger partial charge on any atom is -0.399 e. The lowest BCUT2D eigenvalue weighted by Gasteiger charge is -2.04. The molecule has 1 heterocycles. The Morgan fingerprint density at radius 1 is 1.12 bits per heavy atom. The molecular formula is C11H11ClN4. The quantitative estimate of drug-likeness (QED) is 0.778. The molecule has 16 heavy (non-hydrogen) atoms. The van der Waals surface area contributed by atoms with Gasteiger partial charge in [-0.05, 0) is 17.7 Å². The highest BCUT2D eigenvalue weighted by Gasteiger charge is 2.05. The Balaban J connectivity index is 2.23. The van der Waals surface area contributed by atoms with Gasteiger partial charge < -0.3 is 11.5 Å². The van der Waals surface area contributed by atoms with Crippen molar-refractivity contribution in [1.82, 2.24) is 9.97 Å². The lowest BCUT2D eigenvalue weighted by atomic mass is 10.1. The normalized spacial score (nSPS) is 10.3. The first-order valence-electron chi connectivity index (χ1n) is 4.76. The zero-order valence-corrected chi connectivity index (χ0v) is 9.28. The molecule has 0 aliphatic heterocycles. The highest BCUT2D eigenvalue weighted by atomic mass is 35.5. The van der Waals surface area contributed by atoms with Crippen LogP contribution in [0.1, 0.15) is 11.3 Å². The summed E-state index contributed by atoms with van der Waals surface area (Å²) in [5.41, 5.74) is 13.6. The summed E-state index contributed by atoms with van der Waals surface area (Å²) in [4.78, 5) is 8.09. The van der Waals surface area contributed by atoms with Crippen molar-refractivity contribution in [2.24, 2.45) is 0 Å². The lowest BCUT2D eigenvalue weighted by Crippen LogP contribution is -1.99. The van der Waals surface area contributed by atoms with Crippen LogP contribution >= 0.6 is 11.6 Å². The Labute approximate surface area is 98.3 Å². The van der Waals surface area contributed by atoms with Gasteiger partial charge in [0.25, 0.3) is 0 Å². The van der Waals surface area contributed by atoms with Gasteiger partial charge in [-0.3, -0.25) is 4.98 Å². The first-order chi connectivity index (χ1) is 7.65. The Bertz CT molecular complexity index is 496. The van der Waals surface area contributed by atoms with Gasteiger partial charge in [0, 0.05) is 12.1 Å². The fourth-order valence-electron chi connectivity index (χ4n) is 1.35. The molecule has 2 rings (SSSR count). The Morgan fingerprint density at radius 3 is 2.44 bits per heavy atom. The minimum absolute atomic E-state index is 0.325. The van der Waals surface area contributed by atoms with Crippen LogP contribution in [0.25, 0.3) is 0 Å². The van der Waals surface area contributed by atoms with Crippen LogP contribution in [0.2, 0.25) is 5.15 Å². The van der Waals surface area contributed by atoms with E-state index >= 15 is 0 Å². The van der Waals surface area contributed by atoms with Crippen molar-refractivity contribution >= 4 is 23.1 Å². The van der Waals surface area contributed by atoms with Gasteiger partial charge in [0.1, 0.15) is 5.82 Å². The van der Waals surface area contributed by atoms with E-state index in [0.29, 0.717) is 23.1 Å². The second-order valence-corrected chi connectivity index (χ2v) is 3.81. The predicted molar refractivity (Wildman–Crippen MR) is 65.1 cm³/mol. The molecule has 0 atom stereocenters. The summed E-state index contributed by atoms with van der Waals surface area (Å²) in [6.07, 6.45) is 2.12. The van der Waals surface area contributed by atoms with E-state index in [1.165, 1.54) is 6.20 Å². The van der Waals surface area contributed by atoms with Gasteiger partial charge >= 0.3 is 0 Å². The van der Waals surface area contributed by atoms with Crippen LogP contribution < -0.4 is 11.5 Å². The lowest BCUT2D eigenvalue weighted by molar-refractivity contribution is 1.04. The fraction of sp³-hybridized carbons (Fsp3) is 0.0909. The summed E-state index contributed by atoms with van der Waals surface area (Å²) in [7, 11) is 0. The number of nitrogen functional groups attached to an aromatic ring is 2.